The third kappa shape index (κ3) is 6.82. The Bertz CT molecular complexity index is 1580. The number of likely N-dealkylation sites (N-methyl/N-ethyl adjacent to an activating group) is 1. The van der Waals surface area contributed by atoms with Gasteiger partial charge >= 0.3 is 10.2 Å². The Kier molecular flexibility index (Phi) is 8.38. The maximum absolute atomic E-state index is 13.0. The van der Waals surface area contributed by atoms with E-state index >= 15 is 0 Å². The number of benzene rings is 3. The zero-order valence-corrected chi connectivity index (χ0v) is 22.4. The molecule has 0 unspecified atom stereocenters. The number of halogens is 1. The Morgan fingerprint density at radius 3 is 2.59 bits per heavy atom. The molecule has 0 saturated heterocycles. The van der Waals surface area contributed by atoms with Crippen LogP contribution in [0.2, 0.25) is 0 Å². The summed E-state index contributed by atoms with van der Waals surface area (Å²) in [6.07, 6.45) is 0. The maximum atomic E-state index is 13.0. The Labute approximate surface area is 222 Å². The number of nitriles is 1. The molecule has 1 heterocycles. The summed E-state index contributed by atoms with van der Waals surface area (Å²) in [5, 5.41) is 20.2. The summed E-state index contributed by atoms with van der Waals surface area (Å²) in [5.41, 5.74) is 3.51. The lowest BCUT2D eigenvalue weighted by molar-refractivity contribution is 0.324. The smallest absolute Gasteiger partial charge is 0.332 e. The molecule has 8 nitrogen and oxygen atoms in total. The lowest BCUT2D eigenvalue weighted by Crippen LogP contribution is -2.28. The molecule has 0 saturated carbocycles. The van der Waals surface area contributed by atoms with E-state index in [4.69, 9.17) is 10.00 Å². The van der Waals surface area contributed by atoms with E-state index in [1.54, 1.807) is 0 Å². The molecular weight excluding hydrogens is 534 g/mol. The molecule has 4 aromatic rings. The molecule has 12 heteroatoms. The normalized spacial score (nSPS) is 11.6. The van der Waals surface area contributed by atoms with Gasteiger partial charge in [0.25, 0.3) is 0 Å². The first kappa shape index (κ1) is 26.5. The average molecular weight is 556 g/mol. The highest BCUT2D eigenvalue weighted by Crippen LogP contribution is 2.33. The molecule has 4 rings (SSSR count). The molecule has 37 heavy (non-hydrogen) atoms. The monoisotopic (exact) mass is 555 g/mol. The molecule has 0 fully saturated rings. The third-order valence-electron chi connectivity index (χ3n) is 5.42. The highest BCUT2D eigenvalue weighted by atomic mass is 32.3. The summed E-state index contributed by atoms with van der Waals surface area (Å²) < 4.78 is 41.5. The first-order chi connectivity index (χ1) is 17.8. The van der Waals surface area contributed by atoms with Crippen LogP contribution in [-0.2, 0) is 10.2 Å². The highest BCUT2D eigenvalue weighted by Gasteiger charge is 2.12. The number of azo groups is 1. The number of aryl methyl sites for hydroxylation is 1. The van der Waals surface area contributed by atoms with E-state index in [0.29, 0.717) is 24.0 Å². The molecule has 0 aliphatic rings. The number of rotatable bonds is 10. The quantitative estimate of drug-likeness (QED) is 0.0884. The van der Waals surface area contributed by atoms with Crippen LogP contribution in [0.3, 0.4) is 0 Å². The van der Waals surface area contributed by atoms with Gasteiger partial charge in [0, 0.05) is 17.1 Å². The maximum Gasteiger partial charge on any atom is 0.332 e. The highest BCUT2D eigenvalue weighted by molar-refractivity contribution is 8.03. The van der Waals surface area contributed by atoms with Gasteiger partial charge in [0.15, 0.2) is 0 Å². The fraction of sp³-hybridized carbons (Fsp3) is 0.200. The SMILES string of the molecule is CCN(CCOc1ccc(S(=O)(=O)F)cc1)c1ccc(N=Nc2nc3ccc(SC#N)cc3s2)c(C)c1. The van der Waals surface area contributed by atoms with Gasteiger partial charge in [0.1, 0.15) is 17.8 Å². The summed E-state index contributed by atoms with van der Waals surface area (Å²) in [7, 11) is -4.72. The summed E-state index contributed by atoms with van der Waals surface area (Å²) in [5.74, 6) is 0.463. The van der Waals surface area contributed by atoms with Gasteiger partial charge in [0.2, 0.25) is 5.13 Å². The summed E-state index contributed by atoms with van der Waals surface area (Å²) in [6, 6.07) is 16.8. The second-order valence-corrected chi connectivity index (χ2v) is 11.0. The molecule has 0 N–H and O–H groups in total. The first-order valence-corrected chi connectivity index (χ1v) is 14.2. The first-order valence-electron chi connectivity index (χ1n) is 11.2. The number of nitrogens with zero attached hydrogens (tertiary/aromatic N) is 5. The van der Waals surface area contributed by atoms with Gasteiger partial charge in [0.05, 0.1) is 27.3 Å². The second kappa shape index (κ2) is 11.7. The van der Waals surface area contributed by atoms with E-state index in [2.05, 4.69) is 25.5 Å². The number of anilines is 1. The zero-order chi connectivity index (χ0) is 26.4. The Morgan fingerprint density at radius 2 is 1.92 bits per heavy atom. The van der Waals surface area contributed by atoms with Crippen molar-refractivity contribution in [1.82, 2.24) is 4.98 Å². The van der Waals surface area contributed by atoms with Crippen molar-refractivity contribution >= 4 is 60.0 Å². The van der Waals surface area contributed by atoms with Crippen LogP contribution in [-0.4, -0.2) is 33.1 Å². The number of ether oxygens (including phenoxy) is 1. The minimum absolute atomic E-state index is 0.363. The zero-order valence-electron chi connectivity index (χ0n) is 20.0. The van der Waals surface area contributed by atoms with Gasteiger partial charge in [-0.05, 0) is 91.8 Å². The fourth-order valence-corrected chi connectivity index (χ4v) is 5.32. The second-order valence-electron chi connectivity index (χ2n) is 7.83. The minimum Gasteiger partial charge on any atom is -0.492 e. The van der Waals surface area contributed by atoms with Crippen LogP contribution in [0.25, 0.3) is 10.2 Å². The van der Waals surface area contributed by atoms with Crippen LogP contribution >= 0.6 is 23.1 Å². The van der Waals surface area contributed by atoms with Crippen molar-refractivity contribution in [2.45, 2.75) is 23.6 Å². The average Bonchev–Trinajstić information content (AvgIpc) is 3.28. The van der Waals surface area contributed by atoms with Crippen LogP contribution in [0.5, 0.6) is 5.75 Å². The Hall–Kier alpha value is -3.53. The summed E-state index contributed by atoms with van der Waals surface area (Å²) >= 11 is 2.53. The van der Waals surface area contributed by atoms with Crippen molar-refractivity contribution in [3.05, 3.63) is 66.2 Å². The van der Waals surface area contributed by atoms with Gasteiger partial charge in [-0.1, -0.05) is 11.3 Å². The molecule has 0 amide bonds. The van der Waals surface area contributed by atoms with Crippen LogP contribution in [0, 0.1) is 17.6 Å². The molecule has 0 spiro atoms. The predicted octanol–water partition coefficient (Wildman–Crippen LogP) is 7.16. The van der Waals surface area contributed by atoms with Crippen molar-refractivity contribution < 1.29 is 17.0 Å². The fourth-order valence-electron chi connectivity index (χ4n) is 3.54. The molecule has 3 aromatic carbocycles. The van der Waals surface area contributed by atoms with Crippen molar-refractivity contribution in [3.8, 4) is 11.2 Å². The van der Waals surface area contributed by atoms with Crippen molar-refractivity contribution in [1.29, 1.82) is 5.26 Å². The van der Waals surface area contributed by atoms with E-state index in [9.17, 15) is 12.3 Å². The lowest BCUT2D eigenvalue weighted by atomic mass is 10.1. The number of aromatic nitrogens is 1. The van der Waals surface area contributed by atoms with Crippen LogP contribution < -0.4 is 9.64 Å². The van der Waals surface area contributed by atoms with Crippen molar-refractivity contribution in [2.75, 3.05) is 24.6 Å². The number of hydrogen-bond donors (Lipinski definition) is 0. The van der Waals surface area contributed by atoms with Crippen molar-refractivity contribution in [3.63, 3.8) is 0 Å². The van der Waals surface area contributed by atoms with Gasteiger partial charge in [-0.25, -0.2) is 4.98 Å². The molecule has 1 aromatic heterocycles. The van der Waals surface area contributed by atoms with Gasteiger partial charge in [-0.15, -0.1) is 14.1 Å². The van der Waals surface area contributed by atoms with Gasteiger partial charge < -0.3 is 9.64 Å². The minimum atomic E-state index is -4.72. The van der Waals surface area contributed by atoms with E-state index in [0.717, 1.165) is 50.4 Å². The number of fused-ring (bicyclic) bond motifs is 1. The van der Waals surface area contributed by atoms with E-state index in [-0.39, 0.29) is 0 Å². The van der Waals surface area contributed by atoms with Crippen molar-refractivity contribution in [2.24, 2.45) is 10.2 Å². The number of thiocyanates is 1. The van der Waals surface area contributed by atoms with Gasteiger partial charge in [-0.2, -0.15) is 13.7 Å². The van der Waals surface area contributed by atoms with Gasteiger partial charge in [-0.3, -0.25) is 0 Å². The predicted molar refractivity (Wildman–Crippen MR) is 145 cm³/mol. The largest absolute Gasteiger partial charge is 0.492 e. The number of thioether (sulfide) groups is 1. The van der Waals surface area contributed by atoms with Crippen LogP contribution in [0.15, 0.2) is 80.7 Å². The number of hydrogen-bond acceptors (Lipinski definition) is 10. The van der Waals surface area contributed by atoms with Crippen LogP contribution in [0.1, 0.15) is 12.5 Å². The molecule has 0 aliphatic heterocycles. The molecule has 190 valence electrons. The number of thiazole rings is 1. The standard InChI is InChI=1S/C25H22FN5O3S3/c1-3-31(12-13-34-19-5-8-21(9-6-19)37(26,32)33)18-4-10-22(17(2)14-18)29-30-25-28-23-11-7-20(35-16-27)15-24(23)36-25/h4-11,14-15H,3,12-13H2,1-2H3. The summed E-state index contributed by atoms with van der Waals surface area (Å²) in [4.78, 5) is 7.10. The Morgan fingerprint density at radius 1 is 1.14 bits per heavy atom. The van der Waals surface area contributed by atoms with E-state index in [1.165, 1.54) is 35.6 Å². The summed E-state index contributed by atoms with van der Waals surface area (Å²) in [6.45, 7) is 5.71. The molecular formula is C25H22FN5O3S3. The third-order valence-corrected chi connectivity index (χ3v) is 7.74. The lowest BCUT2D eigenvalue weighted by Gasteiger charge is -2.23. The van der Waals surface area contributed by atoms with E-state index < -0.39 is 15.1 Å². The molecule has 0 radical (unpaired) electrons. The van der Waals surface area contributed by atoms with E-state index in [1.807, 2.05) is 50.2 Å². The molecule has 0 aliphatic carbocycles. The molecule has 0 atom stereocenters. The topological polar surface area (TPSA) is 108 Å². The molecule has 0 bridgehead atoms. The Balaban J connectivity index is 1.39. The van der Waals surface area contributed by atoms with Crippen LogP contribution in [0.4, 0.5) is 20.4 Å².